The summed E-state index contributed by atoms with van der Waals surface area (Å²) < 4.78 is 5.01. The van der Waals surface area contributed by atoms with Crippen molar-refractivity contribution in [2.24, 2.45) is 5.73 Å². The van der Waals surface area contributed by atoms with Crippen LogP contribution in [0, 0.1) is 0 Å². The van der Waals surface area contributed by atoms with Crippen LogP contribution in [0.3, 0.4) is 0 Å². The second-order valence-electron chi connectivity index (χ2n) is 5.38. The van der Waals surface area contributed by atoms with Gasteiger partial charge in [-0.3, -0.25) is 9.59 Å². The van der Waals surface area contributed by atoms with Gasteiger partial charge in [-0.05, 0) is 29.8 Å². The number of amides is 2. The van der Waals surface area contributed by atoms with E-state index in [0.29, 0.717) is 10.6 Å². The van der Waals surface area contributed by atoms with Crippen LogP contribution < -0.4 is 11.1 Å². The summed E-state index contributed by atoms with van der Waals surface area (Å²) in [5.41, 5.74) is 6.05. The minimum atomic E-state index is -0.787. The normalized spacial score (nSPS) is 11.5. The summed E-state index contributed by atoms with van der Waals surface area (Å²) in [6, 6.07) is 11.5. The number of hydrogen-bond acceptors (Lipinski definition) is 4. The highest BCUT2D eigenvalue weighted by Gasteiger charge is 2.20. The van der Waals surface area contributed by atoms with Crippen LogP contribution in [0.5, 0.6) is 0 Å². The van der Waals surface area contributed by atoms with Crippen molar-refractivity contribution in [3.63, 3.8) is 0 Å². The Balaban J connectivity index is 1.98. The highest BCUT2D eigenvalue weighted by molar-refractivity contribution is 6.34. The predicted octanol–water partition coefficient (Wildman–Crippen LogP) is 3.52. The molecule has 0 aliphatic rings. The van der Waals surface area contributed by atoms with Crippen LogP contribution >= 0.6 is 23.2 Å². The maximum Gasteiger partial charge on any atom is 0.312 e. The Bertz CT molecular complexity index is 809. The third kappa shape index (κ3) is 5.75. The average molecular weight is 395 g/mol. The van der Waals surface area contributed by atoms with E-state index in [1.165, 1.54) is 0 Å². The second-order valence-corrected chi connectivity index (χ2v) is 6.22. The number of urea groups is 1. The Labute approximate surface area is 160 Å². The molecule has 2 rings (SSSR count). The van der Waals surface area contributed by atoms with Crippen LogP contribution in [0.25, 0.3) is 0 Å². The molecule has 0 fully saturated rings. The molecule has 1 atom stereocenters. The van der Waals surface area contributed by atoms with Gasteiger partial charge < -0.3 is 15.8 Å². The van der Waals surface area contributed by atoms with E-state index in [4.69, 9.17) is 33.7 Å². The first-order chi connectivity index (χ1) is 12.4. The van der Waals surface area contributed by atoms with Crippen molar-refractivity contribution >= 4 is 41.0 Å². The number of rotatable bonds is 7. The van der Waals surface area contributed by atoms with Crippen LogP contribution in [0.15, 0.2) is 48.5 Å². The van der Waals surface area contributed by atoms with Gasteiger partial charge in [0.25, 0.3) is 0 Å². The van der Waals surface area contributed by atoms with E-state index >= 15 is 0 Å². The number of hydrogen-bond donors (Lipinski definition) is 2. The van der Waals surface area contributed by atoms with Gasteiger partial charge in [-0.15, -0.1) is 0 Å². The molecule has 136 valence electrons. The summed E-state index contributed by atoms with van der Waals surface area (Å²) in [4.78, 5) is 35.3. The number of carbonyl (C=O) groups excluding carboxylic acids is 3. The first kappa shape index (κ1) is 19.8. The number of esters is 1. The second kappa shape index (κ2) is 9.22. The quantitative estimate of drug-likeness (QED) is 0.554. The molecule has 0 saturated heterocycles. The van der Waals surface area contributed by atoms with Crippen molar-refractivity contribution in [3.05, 3.63) is 69.7 Å². The summed E-state index contributed by atoms with van der Waals surface area (Å²) in [5, 5.41) is 3.26. The zero-order chi connectivity index (χ0) is 19.1. The number of benzene rings is 2. The number of primary amides is 1. The monoisotopic (exact) mass is 394 g/mol. The van der Waals surface area contributed by atoms with Gasteiger partial charge in [0.1, 0.15) is 0 Å². The number of ether oxygens (including phenoxy) is 1. The highest BCUT2D eigenvalue weighted by atomic mass is 35.5. The molecule has 26 heavy (non-hydrogen) atoms. The van der Waals surface area contributed by atoms with Gasteiger partial charge in [-0.2, -0.15) is 0 Å². The summed E-state index contributed by atoms with van der Waals surface area (Å²) in [5.74, 6) is -1.09. The summed E-state index contributed by atoms with van der Waals surface area (Å²) in [6.07, 6.45) is -0.194. The molecule has 0 aliphatic heterocycles. The van der Waals surface area contributed by atoms with E-state index in [-0.39, 0.29) is 17.0 Å². The number of halogens is 2. The van der Waals surface area contributed by atoms with Gasteiger partial charge >= 0.3 is 12.0 Å². The fraction of sp³-hybridized carbons (Fsp3) is 0.167. The van der Waals surface area contributed by atoms with Crippen molar-refractivity contribution in [2.75, 3.05) is 6.61 Å². The molecule has 0 aliphatic carbocycles. The molecular formula is C18H16Cl2N2O4. The smallest absolute Gasteiger partial charge is 0.312 e. The van der Waals surface area contributed by atoms with Crippen LogP contribution in [-0.2, 0) is 9.53 Å². The van der Waals surface area contributed by atoms with Gasteiger partial charge in [-0.1, -0.05) is 47.5 Å². The van der Waals surface area contributed by atoms with E-state index in [9.17, 15) is 14.4 Å². The SMILES string of the molecule is NC(=O)N[C@@H](CC(=O)OCC(=O)c1ccccc1Cl)c1ccc(Cl)cc1. The van der Waals surface area contributed by atoms with E-state index in [1.54, 1.807) is 48.5 Å². The zero-order valence-electron chi connectivity index (χ0n) is 13.6. The molecule has 0 heterocycles. The van der Waals surface area contributed by atoms with Crippen molar-refractivity contribution in [1.29, 1.82) is 0 Å². The number of Topliss-reactive ketones (excluding diaryl/α,β-unsaturated/α-hetero) is 1. The fourth-order valence-electron chi connectivity index (χ4n) is 2.26. The van der Waals surface area contributed by atoms with E-state index in [0.717, 1.165) is 0 Å². The molecule has 0 radical (unpaired) electrons. The zero-order valence-corrected chi connectivity index (χ0v) is 15.1. The number of carbonyl (C=O) groups is 3. The van der Waals surface area contributed by atoms with Gasteiger partial charge in [0.2, 0.25) is 5.78 Å². The molecule has 6 nitrogen and oxygen atoms in total. The standard InChI is InChI=1S/C18H16Cl2N2O4/c19-12-7-5-11(6-8-12)15(22-18(21)25)9-17(24)26-10-16(23)13-3-1-2-4-14(13)20/h1-8,15H,9-10H2,(H3,21,22,25)/t15-/m0/s1. The molecule has 3 N–H and O–H groups in total. The Morgan fingerprint density at radius 3 is 2.31 bits per heavy atom. The molecule has 0 spiro atoms. The van der Waals surface area contributed by atoms with Gasteiger partial charge in [-0.25, -0.2) is 4.79 Å². The number of nitrogens with one attached hydrogen (secondary N) is 1. The first-order valence-corrected chi connectivity index (χ1v) is 8.37. The molecule has 0 saturated carbocycles. The maximum absolute atomic E-state index is 12.1. The summed E-state index contributed by atoms with van der Waals surface area (Å²) >= 11 is 11.8. The average Bonchev–Trinajstić information content (AvgIpc) is 2.60. The molecule has 2 amide bonds. The Morgan fingerprint density at radius 1 is 1.04 bits per heavy atom. The summed E-state index contributed by atoms with van der Waals surface area (Å²) in [6.45, 7) is -0.452. The molecule has 0 unspecified atom stereocenters. The Kier molecular flexibility index (Phi) is 7.00. The number of nitrogens with two attached hydrogens (primary N) is 1. The lowest BCUT2D eigenvalue weighted by Gasteiger charge is -2.17. The largest absolute Gasteiger partial charge is 0.457 e. The number of ketones is 1. The summed E-state index contributed by atoms with van der Waals surface area (Å²) in [7, 11) is 0. The van der Waals surface area contributed by atoms with Crippen LogP contribution in [0.4, 0.5) is 4.79 Å². The topological polar surface area (TPSA) is 98.5 Å². The predicted molar refractivity (Wildman–Crippen MR) is 98.3 cm³/mol. The maximum atomic E-state index is 12.1. The van der Waals surface area contributed by atoms with Crippen molar-refractivity contribution in [2.45, 2.75) is 12.5 Å². The molecule has 2 aromatic carbocycles. The third-order valence-corrected chi connectivity index (χ3v) is 4.08. The molecule has 2 aromatic rings. The third-order valence-electron chi connectivity index (χ3n) is 3.50. The van der Waals surface area contributed by atoms with E-state index in [2.05, 4.69) is 5.32 Å². The Morgan fingerprint density at radius 2 is 1.69 bits per heavy atom. The van der Waals surface area contributed by atoms with Gasteiger partial charge in [0.05, 0.1) is 17.5 Å². The minimum Gasteiger partial charge on any atom is -0.457 e. The van der Waals surface area contributed by atoms with Crippen LogP contribution in [0.2, 0.25) is 10.0 Å². The molecule has 8 heteroatoms. The lowest BCUT2D eigenvalue weighted by atomic mass is 10.0. The Hall–Kier alpha value is -2.57. The van der Waals surface area contributed by atoms with Crippen molar-refractivity contribution in [1.82, 2.24) is 5.32 Å². The molecule has 0 aromatic heterocycles. The highest BCUT2D eigenvalue weighted by Crippen LogP contribution is 2.20. The fourth-order valence-corrected chi connectivity index (χ4v) is 2.62. The lowest BCUT2D eigenvalue weighted by Crippen LogP contribution is -2.34. The van der Waals surface area contributed by atoms with E-state index < -0.39 is 30.4 Å². The first-order valence-electron chi connectivity index (χ1n) is 7.61. The van der Waals surface area contributed by atoms with Gasteiger partial charge in [0, 0.05) is 10.6 Å². The van der Waals surface area contributed by atoms with Crippen LogP contribution in [-0.4, -0.2) is 24.4 Å². The van der Waals surface area contributed by atoms with E-state index in [1.807, 2.05) is 0 Å². The van der Waals surface area contributed by atoms with Crippen molar-refractivity contribution < 1.29 is 19.1 Å². The van der Waals surface area contributed by atoms with Crippen LogP contribution in [0.1, 0.15) is 28.4 Å². The van der Waals surface area contributed by atoms with Gasteiger partial charge in [0.15, 0.2) is 6.61 Å². The molecular weight excluding hydrogens is 379 g/mol. The lowest BCUT2D eigenvalue weighted by molar-refractivity contribution is -0.143. The minimum absolute atomic E-state index is 0.194. The molecule has 0 bridgehead atoms. The van der Waals surface area contributed by atoms with Crippen molar-refractivity contribution in [3.8, 4) is 0 Å².